The van der Waals surface area contributed by atoms with Gasteiger partial charge in [-0.3, -0.25) is 14.6 Å². The quantitative estimate of drug-likeness (QED) is 0.524. The maximum absolute atomic E-state index is 13.7. The van der Waals surface area contributed by atoms with Gasteiger partial charge in [0, 0.05) is 53.9 Å². The third-order valence-corrected chi connectivity index (χ3v) is 7.85. The molecule has 2 aromatic carbocycles. The van der Waals surface area contributed by atoms with E-state index in [1.165, 1.54) is 23.9 Å². The standard InChI is InChI=1S/C25H24FN5O2S/c26-15-2-3-20-19(8-15)22(5-6-27-20)31-11-17(12-31)28-10-16-9-18(25(33)29-16)14-1-4-23-21(7-14)30-24(32)13-34-23/h1-8,16-18,28H,9-13H2,(H,29,33)(H,30,32)/t16?,18-/m1/s1. The number of aromatic nitrogens is 1. The molecule has 0 spiro atoms. The number of fused-ring (bicyclic) bond motifs is 2. The fourth-order valence-electron chi connectivity index (χ4n) is 4.98. The van der Waals surface area contributed by atoms with Crippen molar-refractivity contribution in [1.29, 1.82) is 0 Å². The number of nitrogens with zero attached hydrogens (tertiary/aromatic N) is 2. The SMILES string of the molecule is O=C1CSc2ccc([C@H]3CC(CNC4CN(c5ccnc6ccc(F)cc56)C4)NC3=O)cc2N1. The van der Waals surface area contributed by atoms with Crippen LogP contribution in [0.5, 0.6) is 0 Å². The molecule has 174 valence electrons. The summed E-state index contributed by atoms with van der Waals surface area (Å²) in [5.74, 6) is -0.0221. The van der Waals surface area contributed by atoms with Crippen molar-refractivity contribution in [1.82, 2.24) is 15.6 Å². The molecule has 3 aromatic rings. The summed E-state index contributed by atoms with van der Waals surface area (Å²) in [6, 6.07) is 12.9. The Labute approximate surface area is 200 Å². The van der Waals surface area contributed by atoms with E-state index >= 15 is 0 Å². The van der Waals surface area contributed by atoms with Gasteiger partial charge >= 0.3 is 0 Å². The largest absolute Gasteiger partial charge is 0.368 e. The van der Waals surface area contributed by atoms with Gasteiger partial charge in [-0.15, -0.1) is 11.8 Å². The Kier molecular flexibility index (Phi) is 5.38. The van der Waals surface area contributed by atoms with Gasteiger partial charge in [-0.2, -0.15) is 0 Å². The predicted octanol–water partition coefficient (Wildman–Crippen LogP) is 2.87. The zero-order valence-corrected chi connectivity index (χ0v) is 19.2. The molecule has 0 aliphatic carbocycles. The molecule has 0 saturated carbocycles. The molecule has 3 N–H and O–H groups in total. The molecule has 2 atom stereocenters. The molecule has 0 radical (unpaired) electrons. The van der Waals surface area contributed by atoms with E-state index in [0.717, 1.165) is 52.2 Å². The van der Waals surface area contributed by atoms with Crippen molar-refractivity contribution >= 4 is 45.9 Å². The Bertz CT molecular complexity index is 1300. The number of halogens is 1. The topological polar surface area (TPSA) is 86.4 Å². The number of hydrogen-bond donors (Lipinski definition) is 3. The number of nitrogens with one attached hydrogen (secondary N) is 3. The Morgan fingerprint density at radius 3 is 2.91 bits per heavy atom. The zero-order valence-electron chi connectivity index (χ0n) is 18.4. The van der Waals surface area contributed by atoms with E-state index in [2.05, 4.69) is 25.8 Å². The van der Waals surface area contributed by atoms with Crippen LogP contribution in [0.4, 0.5) is 15.8 Å². The second-order valence-corrected chi connectivity index (χ2v) is 10.1. The molecule has 3 aliphatic heterocycles. The number of amides is 2. The maximum atomic E-state index is 13.7. The van der Waals surface area contributed by atoms with Gasteiger partial charge in [0.05, 0.1) is 22.9 Å². The van der Waals surface area contributed by atoms with Crippen LogP contribution in [0.2, 0.25) is 0 Å². The number of benzene rings is 2. The summed E-state index contributed by atoms with van der Waals surface area (Å²) in [5.41, 5.74) is 3.52. The zero-order chi connectivity index (χ0) is 23.2. The highest BCUT2D eigenvalue weighted by Gasteiger charge is 2.35. The average Bonchev–Trinajstić information content (AvgIpc) is 3.18. The average molecular weight is 478 g/mol. The first kappa shape index (κ1) is 21.4. The van der Waals surface area contributed by atoms with Gasteiger partial charge in [0.15, 0.2) is 0 Å². The first-order valence-corrected chi connectivity index (χ1v) is 12.4. The molecule has 6 rings (SSSR count). The van der Waals surface area contributed by atoms with Gasteiger partial charge in [-0.05, 0) is 48.4 Å². The molecule has 1 unspecified atom stereocenters. The van der Waals surface area contributed by atoms with Crippen molar-refractivity contribution in [3.05, 3.63) is 60.0 Å². The fraction of sp³-hybridized carbons (Fsp3) is 0.320. The van der Waals surface area contributed by atoms with Crippen LogP contribution in [0.25, 0.3) is 10.9 Å². The highest BCUT2D eigenvalue weighted by molar-refractivity contribution is 8.00. The van der Waals surface area contributed by atoms with Crippen molar-refractivity contribution in [3.63, 3.8) is 0 Å². The summed E-state index contributed by atoms with van der Waals surface area (Å²) in [6.07, 6.45) is 2.48. The van der Waals surface area contributed by atoms with E-state index in [1.807, 2.05) is 24.3 Å². The number of rotatable bonds is 5. The van der Waals surface area contributed by atoms with E-state index < -0.39 is 0 Å². The smallest absolute Gasteiger partial charge is 0.234 e. The minimum Gasteiger partial charge on any atom is -0.368 e. The van der Waals surface area contributed by atoms with Crippen molar-refractivity contribution in [2.45, 2.75) is 29.3 Å². The van der Waals surface area contributed by atoms with Crippen LogP contribution in [-0.2, 0) is 9.59 Å². The molecule has 2 fully saturated rings. The van der Waals surface area contributed by atoms with Gasteiger partial charge in [-0.1, -0.05) is 6.07 Å². The molecular formula is C25H24FN5O2S. The summed E-state index contributed by atoms with van der Waals surface area (Å²) >= 11 is 1.52. The second-order valence-electron chi connectivity index (χ2n) is 9.09. The van der Waals surface area contributed by atoms with Gasteiger partial charge in [0.2, 0.25) is 11.8 Å². The minimum absolute atomic E-state index is 0.00737. The molecule has 7 nitrogen and oxygen atoms in total. The molecule has 34 heavy (non-hydrogen) atoms. The predicted molar refractivity (Wildman–Crippen MR) is 131 cm³/mol. The highest BCUT2D eigenvalue weighted by atomic mass is 32.2. The van der Waals surface area contributed by atoms with Crippen LogP contribution < -0.4 is 20.9 Å². The molecule has 0 bridgehead atoms. The van der Waals surface area contributed by atoms with Crippen molar-refractivity contribution in [3.8, 4) is 0 Å². The van der Waals surface area contributed by atoms with Crippen molar-refractivity contribution in [2.24, 2.45) is 0 Å². The summed E-state index contributed by atoms with van der Waals surface area (Å²) in [5, 5.41) is 10.4. The number of pyridine rings is 1. The Hall–Kier alpha value is -3.17. The first-order chi connectivity index (χ1) is 16.5. The van der Waals surface area contributed by atoms with Gasteiger partial charge < -0.3 is 20.9 Å². The molecule has 1 aromatic heterocycles. The first-order valence-electron chi connectivity index (χ1n) is 11.4. The van der Waals surface area contributed by atoms with E-state index in [0.29, 0.717) is 18.3 Å². The lowest BCUT2D eigenvalue weighted by Crippen LogP contribution is -2.59. The van der Waals surface area contributed by atoms with E-state index in [9.17, 15) is 14.0 Å². The van der Waals surface area contributed by atoms with Crippen LogP contribution in [0, 0.1) is 5.82 Å². The van der Waals surface area contributed by atoms with Crippen molar-refractivity contribution in [2.75, 3.05) is 35.6 Å². The van der Waals surface area contributed by atoms with Gasteiger partial charge in [-0.25, -0.2) is 4.39 Å². The lowest BCUT2D eigenvalue weighted by atomic mass is 9.95. The molecule has 4 heterocycles. The Morgan fingerprint density at radius 1 is 1.15 bits per heavy atom. The second kappa shape index (κ2) is 8.56. The normalized spacial score (nSPS) is 22.3. The Balaban J connectivity index is 1.05. The molecule has 9 heteroatoms. The molecule has 3 aliphatic rings. The van der Waals surface area contributed by atoms with Crippen LogP contribution in [-0.4, -0.2) is 54.3 Å². The third-order valence-electron chi connectivity index (χ3n) is 6.78. The fourth-order valence-corrected chi connectivity index (χ4v) is 5.77. The third kappa shape index (κ3) is 3.99. The number of thioether (sulfide) groups is 1. The van der Waals surface area contributed by atoms with Crippen LogP contribution in [0.1, 0.15) is 17.9 Å². The Morgan fingerprint density at radius 2 is 2.03 bits per heavy atom. The number of anilines is 2. The lowest BCUT2D eigenvalue weighted by Gasteiger charge is -2.42. The number of carbonyl (C=O) groups excluding carboxylic acids is 2. The maximum Gasteiger partial charge on any atom is 0.234 e. The number of hydrogen-bond acceptors (Lipinski definition) is 6. The summed E-state index contributed by atoms with van der Waals surface area (Å²) in [7, 11) is 0. The van der Waals surface area contributed by atoms with Crippen molar-refractivity contribution < 1.29 is 14.0 Å². The molecule has 2 saturated heterocycles. The van der Waals surface area contributed by atoms with E-state index in [1.54, 1.807) is 12.3 Å². The molecular weight excluding hydrogens is 453 g/mol. The number of carbonyl (C=O) groups is 2. The highest BCUT2D eigenvalue weighted by Crippen LogP contribution is 2.36. The minimum atomic E-state index is -0.261. The van der Waals surface area contributed by atoms with E-state index in [4.69, 9.17) is 0 Å². The van der Waals surface area contributed by atoms with Crippen LogP contribution in [0.15, 0.2) is 53.6 Å². The van der Waals surface area contributed by atoms with Crippen LogP contribution >= 0.6 is 11.8 Å². The summed E-state index contributed by atoms with van der Waals surface area (Å²) in [6.45, 7) is 2.34. The monoisotopic (exact) mass is 477 g/mol. The summed E-state index contributed by atoms with van der Waals surface area (Å²) in [4.78, 5) is 32.0. The molecule has 2 amide bonds. The van der Waals surface area contributed by atoms with Crippen LogP contribution in [0.3, 0.4) is 0 Å². The van der Waals surface area contributed by atoms with Gasteiger partial charge in [0.25, 0.3) is 0 Å². The van der Waals surface area contributed by atoms with Gasteiger partial charge in [0.1, 0.15) is 5.82 Å². The van der Waals surface area contributed by atoms with E-state index in [-0.39, 0.29) is 29.6 Å². The summed E-state index contributed by atoms with van der Waals surface area (Å²) < 4.78 is 13.7. The lowest BCUT2D eigenvalue weighted by molar-refractivity contribution is -0.120.